The van der Waals surface area contributed by atoms with E-state index in [2.05, 4.69) is 10.6 Å². The highest BCUT2D eigenvalue weighted by molar-refractivity contribution is 5.87. The quantitative estimate of drug-likeness (QED) is 0.553. The van der Waals surface area contributed by atoms with Crippen molar-refractivity contribution < 1.29 is 14.5 Å². The fourth-order valence-electron chi connectivity index (χ4n) is 2.49. The van der Waals surface area contributed by atoms with Gasteiger partial charge in [-0.3, -0.25) is 19.7 Å². The summed E-state index contributed by atoms with van der Waals surface area (Å²) in [5, 5.41) is 16.1. The van der Waals surface area contributed by atoms with Crippen molar-refractivity contribution in [2.75, 3.05) is 6.54 Å². The van der Waals surface area contributed by atoms with Crippen molar-refractivity contribution >= 4 is 23.6 Å². The number of rotatable bonds is 8. The molecule has 2 aromatic carbocycles. The lowest BCUT2D eigenvalue weighted by Crippen LogP contribution is -2.47. The standard InChI is InChI=1S/C20H21N3O4/c1-15(24)22-19(14-17-6-3-2-4-7-17)20(25)21-13-5-8-16-9-11-18(12-10-16)23(26)27/h2-12,19H,13-14H2,1H3,(H,21,25)(H,22,24)/b8-5+/t19-/m0/s1. The Balaban J connectivity index is 1.90. The number of nitrogens with one attached hydrogen (secondary N) is 2. The summed E-state index contributed by atoms with van der Waals surface area (Å²) < 4.78 is 0. The third-order valence-corrected chi connectivity index (χ3v) is 3.78. The highest BCUT2D eigenvalue weighted by atomic mass is 16.6. The number of nitrogens with zero attached hydrogens (tertiary/aromatic N) is 1. The molecule has 0 bridgehead atoms. The minimum atomic E-state index is -0.655. The predicted octanol–water partition coefficient (Wildman–Crippen LogP) is 2.47. The first-order valence-corrected chi connectivity index (χ1v) is 8.45. The van der Waals surface area contributed by atoms with Gasteiger partial charge in [-0.15, -0.1) is 0 Å². The molecule has 0 aliphatic heterocycles. The van der Waals surface area contributed by atoms with Crippen molar-refractivity contribution in [1.29, 1.82) is 0 Å². The third-order valence-electron chi connectivity index (χ3n) is 3.78. The lowest BCUT2D eigenvalue weighted by atomic mass is 10.1. The lowest BCUT2D eigenvalue weighted by Gasteiger charge is -2.17. The van der Waals surface area contributed by atoms with Crippen molar-refractivity contribution in [1.82, 2.24) is 10.6 Å². The molecule has 0 radical (unpaired) electrons. The summed E-state index contributed by atoms with van der Waals surface area (Å²) in [6.07, 6.45) is 3.90. The van der Waals surface area contributed by atoms with E-state index >= 15 is 0 Å². The van der Waals surface area contributed by atoms with E-state index in [1.807, 2.05) is 30.3 Å². The summed E-state index contributed by atoms with van der Waals surface area (Å²) in [5.74, 6) is -0.546. The van der Waals surface area contributed by atoms with Crippen LogP contribution in [0.1, 0.15) is 18.1 Å². The number of nitro benzene ring substituents is 1. The van der Waals surface area contributed by atoms with E-state index in [9.17, 15) is 19.7 Å². The molecule has 0 aliphatic carbocycles. The number of carbonyl (C=O) groups is 2. The molecule has 2 aromatic rings. The minimum absolute atomic E-state index is 0.0273. The van der Waals surface area contributed by atoms with Gasteiger partial charge in [0.15, 0.2) is 0 Å². The van der Waals surface area contributed by atoms with Gasteiger partial charge in [0.1, 0.15) is 6.04 Å². The summed E-state index contributed by atoms with van der Waals surface area (Å²) in [5.41, 5.74) is 1.77. The number of nitro groups is 1. The molecule has 1 atom stereocenters. The van der Waals surface area contributed by atoms with Crippen molar-refractivity contribution in [2.45, 2.75) is 19.4 Å². The molecular formula is C20H21N3O4. The van der Waals surface area contributed by atoms with Crippen LogP contribution in [0.2, 0.25) is 0 Å². The molecule has 0 fully saturated rings. The van der Waals surface area contributed by atoms with Crippen molar-refractivity contribution in [2.24, 2.45) is 0 Å². The highest BCUT2D eigenvalue weighted by Gasteiger charge is 2.19. The molecular weight excluding hydrogens is 346 g/mol. The number of amides is 2. The van der Waals surface area contributed by atoms with Gasteiger partial charge in [0.25, 0.3) is 5.69 Å². The zero-order chi connectivity index (χ0) is 19.6. The van der Waals surface area contributed by atoms with E-state index < -0.39 is 11.0 Å². The molecule has 2 rings (SSSR count). The van der Waals surface area contributed by atoms with Crippen LogP contribution in [0.3, 0.4) is 0 Å². The summed E-state index contributed by atoms with van der Waals surface area (Å²) in [6, 6.07) is 14.9. The van der Waals surface area contributed by atoms with E-state index in [0.717, 1.165) is 11.1 Å². The molecule has 0 aliphatic rings. The van der Waals surface area contributed by atoms with Crippen LogP contribution >= 0.6 is 0 Å². The molecule has 2 N–H and O–H groups in total. The minimum Gasteiger partial charge on any atom is -0.351 e. The molecule has 2 amide bonds. The number of hydrogen-bond acceptors (Lipinski definition) is 4. The van der Waals surface area contributed by atoms with Gasteiger partial charge in [-0.2, -0.15) is 0 Å². The number of non-ortho nitro benzene ring substituents is 1. The van der Waals surface area contributed by atoms with Gasteiger partial charge in [0, 0.05) is 32.0 Å². The van der Waals surface area contributed by atoms with Crippen LogP contribution in [0.15, 0.2) is 60.7 Å². The topological polar surface area (TPSA) is 101 Å². The molecule has 140 valence electrons. The Bertz CT molecular complexity index is 817. The number of hydrogen-bond donors (Lipinski definition) is 2. The SMILES string of the molecule is CC(=O)N[C@@H](Cc1ccccc1)C(=O)NC/C=C/c1ccc([N+](=O)[O-])cc1. The van der Waals surface area contributed by atoms with Crippen LogP contribution < -0.4 is 10.6 Å². The second-order valence-electron chi connectivity index (χ2n) is 5.94. The Hall–Kier alpha value is -3.48. The van der Waals surface area contributed by atoms with Gasteiger partial charge >= 0.3 is 0 Å². The van der Waals surface area contributed by atoms with Crippen molar-refractivity contribution in [3.8, 4) is 0 Å². The molecule has 0 unspecified atom stereocenters. The first-order chi connectivity index (χ1) is 13.0. The van der Waals surface area contributed by atoms with Crippen LogP contribution in [0.25, 0.3) is 6.08 Å². The van der Waals surface area contributed by atoms with Crippen LogP contribution in [0, 0.1) is 10.1 Å². The Morgan fingerprint density at radius 1 is 1.11 bits per heavy atom. The van der Waals surface area contributed by atoms with E-state index in [-0.39, 0.29) is 24.0 Å². The highest BCUT2D eigenvalue weighted by Crippen LogP contribution is 2.12. The number of benzene rings is 2. The first-order valence-electron chi connectivity index (χ1n) is 8.45. The van der Waals surface area contributed by atoms with Gasteiger partial charge in [0.05, 0.1) is 4.92 Å². The molecule has 7 nitrogen and oxygen atoms in total. The van der Waals surface area contributed by atoms with E-state index in [1.54, 1.807) is 24.3 Å². The van der Waals surface area contributed by atoms with Crippen molar-refractivity contribution in [3.63, 3.8) is 0 Å². The molecule has 0 spiro atoms. The summed E-state index contributed by atoms with van der Waals surface area (Å²) >= 11 is 0. The van der Waals surface area contributed by atoms with Gasteiger partial charge in [0.2, 0.25) is 11.8 Å². The van der Waals surface area contributed by atoms with E-state index in [4.69, 9.17) is 0 Å². The largest absolute Gasteiger partial charge is 0.351 e. The fraction of sp³-hybridized carbons (Fsp3) is 0.200. The Morgan fingerprint density at radius 3 is 2.37 bits per heavy atom. The first kappa shape index (κ1) is 19.8. The maximum Gasteiger partial charge on any atom is 0.269 e. The molecule has 0 saturated carbocycles. The Labute approximate surface area is 157 Å². The lowest BCUT2D eigenvalue weighted by molar-refractivity contribution is -0.384. The summed E-state index contributed by atoms with van der Waals surface area (Å²) in [7, 11) is 0. The second kappa shape index (κ2) is 9.86. The van der Waals surface area contributed by atoms with Crippen LogP contribution in [0.5, 0.6) is 0 Å². The normalized spacial score (nSPS) is 11.7. The molecule has 7 heteroatoms. The van der Waals surface area contributed by atoms with Gasteiger partial charge in [-0.05, 0) is 23.3 Å². The molecule has 0 heterocycles. The van der Waals surface area contributed by atoms with Gasteiger partial charge in [-0.1, -0.05) is 42.5 Å². The average Bonchev–Trinajstić information content (AvgIpc) is 2.65. The van der Waals surface area contributed by atoms with Crippen LogP contribution in [-0.2, 0) is 16.0 Å². The third kappa shape index (κ3) is 6.74. The maximum absolute atomic E-state index is 12.4. The van der Waals surface area contributed by atoms with Crippen molar-refractivity contribution in [3.05, 3.63) is 81.9 Å². The fourth-order valence-corrected chi connectivity index (χ4v) is 2.49. The van der Waals surface area contributed by atoms with E-state index in [1.165, 1.54) is 19.1 Å². The average molecular weight is 367 g/mol. The summed E-state index contributed by atoms with van der Waals surface area (Å²) in [6.45, 7) is 1.65. The zero-order valence-corrected chi connectivity index (χ0v) is 14.9. The molecule has 0 aromatic heterocycles. The Kier molecular flexibility index (Phi) is 7.25. The second-order valence-corrected chi connectivity index (χ2v) is 5.94. The molecule has 0 saturated heterocycles. The van der Waals surface area contributed by atoms with Crippen LogP contribution in [-0.4, -0.2) is 29.3 Å². The van der Waals surface area contributed by atoms with E-state index in [0.29, 0.717) is 6.42 Å². The van der Waals surface area contributed by atoms with Gasteiger partial charge < -0.3 is 10.6 Å². The predicted molar refractivity (Wildman–Crippen MR) is 103 cm³/mol. The smallest absolute Gasteiger partial charge is 0.269 e. The van der Waals surface area contributed by atoms with Gasteiger partial charge in [-0.25, -0.2) is 0 Å². The maximum atomic E-state index is 12.4. The molecule has 27 heavy (non-hydrogen) atoms. The van der Waals surface area contributed by atoms with Crippen LogP contribution in [0.4, 0.5) is 5.69 Å². The number of carbonyl (C=O) groups excluding carboxylic acids is 2. The monoisotopic (exact) mass is 367 g/mol. The summed E-state index contributed by atoms with van der Waals surface area (Å²) in [4.78, 5) is 33.9. The Morgan fingerprint density at radius 2 is 1.78 bits per heavy atom. The zero-order valence-electron chi connectivity index (χ0n) is 14.9.